The summed E-state index contributed by atoms with van der Waals surface area (Å²) < 4.78 is 22.3. The van der Waals surface area contributed by atoms with Gasteiger partial charge in [-0.15, -0.1) is 12.4 Å². The topological polar surface area (TPSA) is 78.1 Å². The molecule has 0 radical (unpaired) electrons. The van der Waals surface area contributed by atoms with Crippen molar-refractivity contribution in [1.82, 2.24) is 10.6 Å². The van der Waals surface area contributed by atoms with E-state index in [0.717, 1.165) is 43.0 Å². The minimum Gasteiger partial charge on any atom is -0.454 e. The molecular formula is C20H29ClN2O5. The zero-order valence-electron chi connectivity index (χ0n) is 16.3. The fourth-order valence-electron chi connectivity index (χ4n) is 4.32. The monoisotopic (exact) mass is 412 g/mol. The first-order chi connectivity index (χ1) is 13.2. The van der Waals surface area contributed by atoms with Gasteiger partial charge >= 0.3 is 0 Å². The van der Waals surface area contributed by atoms with Gasteiger partial charge in [-0.3, -0.25) is 4.79 Å². The van der Waals surface area contributed by atoms with Crippen LogP contribution in [0.25, 0.3) is 0 Å². The Morgan fingerprint density at radius 3 is 2.57 bits per heavy atom. The van der Waals surface area contributed by atoms with E-state index in [0.29, 0.717) is 32.6 Å². The Hall–Kier alpha value is -1.54. The van der Waals surface area contributed by atoms with Crippen LogP contribution in [0, 0.1) is 0 Å². The molecule has 4 rings (SSSR count). The number of hydrogen-bond donors (Lipinski definition) is 2. The van der Waals surface area contributed by atoms with Gasteiger partial charge in [0.2, 0.25) is 6.79 Å². The van der Waals surface area contributed by atoms with E-state index in [9.17, 15) is 4.79 Å². The number of ether oxygens (including phenoxy) is 4. The molecule has 1 aromatic rings. The average molecular weight is 413 g/mol. The molecule has 28 heavy (non-hydrogen) atoms. The van der Waals surface area contributed by atoms with Crippen LogP contribution in [-0.2, 0) is 19.7 Å². The zero-order valence-corrected chi connectivity index (χ0v) is 17.1. The molecule has 0 saturated carbocycles. The first-order valence-corrected chi connectivity index (χ1v) is 9.70. The standard InChI is InChI=1S/C20H28N2O5.ClH/c1-24-20(4-8-21-9-5-20)18(23)22-13-19(6-10-25-11-7-19)15-2-3-16-17(12-15)27-14-26-16;/h2-3,12,21H,4-11,13-14H2,1H3,(H,22,23);1H. The highest BCUT2D eigenvalue weighted by atomic mass is 35.5. The smallest absolute Gasteiger partial charge is 0.252 e. The summed E-state index contributed by atoms with van der Waals surface area (Å²) in [6.07, 6.45) is 3.09. The van der Waals surface area contributed by atoms with Crippen molar-refractivity contribution in [3.63, 3.8) is 0 Å². The second-order valence-corrected chi connectivity index (χ2v) is 7.59. The van der Waals surface area contributed by atoms with Gasteiger partial charge in [0.1, 0.15) is 5.60 Å². The average Bonchev–Trinajstić information content (AvgIpc) is 3.21. The van der Waals surface area contributed by atoms with Gasteiger partial charge in [-0.05, 0) is 56.5 Å². The number of methoxy groups -OCH3 is 1. The number of hydrogen-bond acceptors (Lipinski definition) is 6. The first-order valence-electron chi connectivity index (χ1n) is 9.70. The van der Waals surface area contributed by atoms with E-state index < -0.39 is 5.60 Å². The van der Waals surface area contributed by atoms with Crippen LogP contribution < -0.4 is 20.1 Å². The number of halogens is 1. The van der Waals surface area contributed by atoms with Crippen molar-refractivity contribution < 1.29 is 23.7 Å². The summed E-state index contributed by atoms with van der Waals surface area (Å²) in [4.78, 5) is 13.0. The number of amides is 1. The van der Waals surface area contributed by atoms with Crippen molar-refractivity contribution in [3.05, 3.63) is 23.8 Å². The fourth-order valence-corrected chi connectivity index (χ4v) is 4.32. The minimum atomic E-state index is -0.730. The van der Waals surface area contributed by atoms with Crippen molar-refractivity contribution >= 4 is 18.3 Å². The third-order valence-electron chi connectivity index (χ3n) is 6.24. The Kier molecular flexibility index (Phi) is 6.70. The van der Waals surface area contributed by atoms with Gasteiger partial charge in [0.25, 0.3) is 5.91 Å². The van der Waals surface area contributed by atoms with Crippen LogP contribution in [0.1, 0.15) is 31.2 Å². The summed E-state index contributed by atoms with van der Waals surface area (Å²) >= 11 is 0. The molecule has 156 valence electrons. The van der Waals surface area contributed by atoms with Crippen molar-refractivity contribution in [2.45, 2.75) is 36.7 Å². The van der Waals surface area contributed by atoms with E-state index in [2.05, 4.69) is 22.8 Å². The number of fused-ring (bicyclic) bond motifs is 1. The van der Waals surface area contributed by atoms with Crippen molar-refractivity contribution in [2.75, 3.05) is 46.8 Å². The molecule has 2 saturated heterocycles. The van der Waals surface area contributed by atoms with E-state index in [1.807, 2.05) is 6.07 Å². The summed E-state index contributed by atoms with van der Waals surface area (Å²) in [6, 6.07) is 6.10. The summed E-state index contributed by atoms with van der Waals surface area (Å²) in [5, 5.41) is 6.49. The lowest BCUT2D eigenvalue weighted by Crippen LogP contribution is -2.56. The molecule has 0 atom stereocenters. The molecular weight excluding hydrogens is 384 g/mol. The Morgan fingerprint density at radius 2 is 1.86 bits per heavy atom. The predicted octanol–water partition coefficient (Wildman–Crippen LogP) is 1.77. The zero-order chi connectivity index (χ0) is 18.7. The summed E-state index contributed by atoms with van der Waals surface area (Å²) in [7, 11) is 1.63. The summed E-state index contributed by atoms with van der Waals surface area (Å²) in [5.74, 6) is 1.53. The number of nitrogens with one attached hydrogen (secondary N) is 2. The van der Waals surface area contributed by atoms with Crippen LogP contribution in [0.4, 0.5) is 0 Å². The van der Waals surface area contributed by atoms with Crippen LogP contribution in [-0.4, -0.2) is 58.3 Å². The number of rotatable bonds is 5. The number of carbonyl (C=O) groups excluding carboxylic acids is 1. The van der Waals surface area contributed by atoms with E-state index in [4.69, 9.17) is 18.9 Å². The molecule has 0 unspecified atom stereocenters. The fraction of sp³-hybridized carbons (Fsp3) is 0.650. The highest BCUT2D eigenvalue weighted by Gasteiger charge is 2.42. The minimum absolute atomic E-state index is 0. The first kappa shape index (κ1) is 21.2. The molecule has 0 aromatic heterocycles. The van der Waals surface area contributed by atoms with E-state index in [1.165, 1.54) is 0 Å². The molecule has 1 amide bonds. The number of benzene rings is 1. The molecule has 2 fully saturated rings. The maximum Gasteiger partial charge on any atom is 0.252 e. The van der Waals surface area contributed by atoms with Gasteiger partial charge in [0, 0.05) is 32.3 Å². The third-order valence-corrected chi connectivity index (χ3v) is 6.24. The van der Waals surface area contributed by atoms with Gasteiger partial charge in [0.05, 0.1) is 0 Å². The Labute approximate surface area is 171 Å². The van der Waals surface area contributed by atoms with E-state index >= 15 is 0 Å². The molecule has 3 aliphatic heterocycles. The lowest BCUT2D eigenvalue weighted by molar-refractivity contribution is -0.147. The normalized spacial score (nSPS) is 22.2. The Morgan fingerprint density at radius 1 is 1.14 bits per heavy atom. The number of carbonyl (C=O) groups is 1. The number of piperidine rings is 1. The molecule has 0 bridgehead atoms. The quantitative estimate of drug-likeness (QED) is 0.767. The molecule has 0 aliphatic carbocycles. The maximum absolute atomic E-state index is 13.0. The highest BCUT2D eigenvalue weighted by Crippen LogP contribution is 2.40. The Balaban J connectivity index is 0.00000225. The maximum atomic E-state index is 13.0. The van der Waals surface area contributed by atoms with E-state index in [-0.39, 0.29) is 30.5 Å². The van der Waals surface area contributed by atoms with Gasteiger partial charge in [-0.1, -0.05) is 6.07 Å². The van der Waals surface area contributed by atoms with Crippen molar-refractivity contribution in [3.8, 4) is 11.5 Å². The lowest BCUT2D eigenvalue weighted by Gasteiger charge is -2.40. The molecule has 3 heterocycles. The molecule has 7 nitrogen and oxygen atoms in total. The molecule has 2 N–H and O–H groups in total. The molecule has 0 spiro atoms. The SMILES string of the molecule is COC1(C(=O)NCC2(c3ccc4c(c3)OCO4)CCOCC2)CCNCC1.Cl. The summed E-state index contributed by atoms with van der Waals surface area (Å²) in [6.45, 7) is 3.78. The second kappa shape index (κ2) is 8.86. The second-order valence-electron chi connectivity index (χ2n) is 7.59. The van der Waals surface area contributed by atoms with Crippen LogP contribution >= 0.6 is 12.4 Å². The highest BCUT2D eigenvalue weighted by molar-refractivity contribution is 5.85. The van der Waals surface area contributed by atoms with Crippen molar-refractivity contribution in [1.29, 1.82) is 0 Å². The van der Waals surface area contributed by atoms with Gasteiger partial charge < -0.3 is 29.6 Å². The predicted molar refractivity (Wildman–Crippen MR) is 106 cm³/mol. The summed E-state index contributed by atoms with van der Waals surface area (Å²) in [5.41, 5.74) is 0.260. The molecule has 1 aromatic carbocycles. The molecule has 3 aliphatic rings. The van der Waals surface area contributed by atoms with Crippen molar-refractivity contribution in [2.24, 2.45) is 0 Å². The van der Waals surface area contributed by atoms with Crippen LogP contribution in [0.15, 0.2) is 18.2 Å². The Bertz CT molecular complexity index is 687. The van der Waals surface area contributed by atoms with Gasteiger partial charge in [-0.2, -0.15) is 0 Å². The third kappa shape index (κ3) is 3.94. The lowest BCUT2D eigenvalue weighted by atomic mass is 9.73. The molecule has 8 heteroatoms. The van der Waals surface area contributed by atoms with Gasteiger partial charge in [-0.25, -0.2) is 0 Å². The van der Waals surface area contributed by atoms with Crippen LogP contribution in [0.2, 0.25) is 0 Å². The largest absolute Gasteiger partial charge is 0.454 e. The van der Waals surface area contributed by atoms with Crippen LogP contribution in [0.3, 0.4) is 0 Å². The van der Waals surface area contributed by atoms with E-state index in [1.54, 1.807) is 7.11 Å². The van der Waals surface area contributed by atoms with Crippen LogP contribution in [0.5, 0.6) is 11.5 Å². The van der Waals surface area contributed by atoms with Gasteiger partial charge in [0.15, 0.2) is 11.5 Å².